The molecule has 3 saturated heterocycles. The molecule has 51 heavy (non-hydrogen) atoms. The van der Waals surface area contributed by atoms with Crippen LogP contribution in [0.3, 0.4) is 0 Å². The van der Waals surface area contributed by atoms with Crippen LogP contribution in [0.1, 0.15) is 57.6 Å². The second kappa shape index (κ2) is 15.8. The second-order valence-electron chi connectivity index (χ2n) is 14.9. The summed E-state index contributed by atoms with van der Waals surface area (Å²) in [6.07, 6.45) is 1.92. The van der Waals surface area contributed by atoms with Crippen molar-refractivity contribution in [3.8, 4) is 5.75 Å². The van der Waals surface area contributed by atoms with E-state index < -0.39 is 17.8 Å². The highest BCUT2D eigenvalue weighted by molar-refractivity contribution is 5.91. The van der Waals surface area contributed by atoms with Gasteiger partial charge in [0, 0.05) is 83.0 Å². The molecule has 4 aliphatic rings. The number of carbonyl (C=O) groups excluding carboxylic acids is 4. The van der Waals surface area contributed by atoms with Gasteiger partial charge in [-0.05, 0) is 75.8 Å². The van der Waals surface area contributed by atoms with Gasteiger partial charge in [-0.25, -0.2) is 19.4 Å². The van der Waals surface area contributed by atoms with Gasteiger partial charge in [-0.2, -0.15) is 0 Å². The fourth-order valence-electron chi connectivity index (χ4n) is 7.49. The Balaban J connectivity index is 1.04. The summed E-state index contributed by atoms with van der Waals surface area (Å²) in [6, 6.07) is 14.4. The lowest BCUT2D eigenvalue weighted by atomic mass is 10.0. The molecule has 2 aromatic carbocycles. The van der Waals surface area contributed by atoms with Crippen LogP contribution in [0.15, 0.2) is 54.2 Å². The molecule has 13 nitrogen and oxygen atoms in total. The van der Waals surface area contributed by atoms with E-state index in [-0.39, 0.29) is 36.2 Å². The molecule has 4 aliphatic heterocycles. The minimum absolute atomic E-state index is 0.00885. The van der Waals surface area contributed by atoms with Crippen LogP contribution in [0.25, 0.3) is 0 Å². The van der Waals surface area contributed by atoms with Gasteiger partial charge in [0.15, 0.2) is 6.10 Å². The van der Waals surface area contributed by atoms with E-state index in [0.29, 0.717) is 77.3 Å². The van der Waals surface area contributed by atoms with Crippen LogP contribution in [0.2, 0.25) is 0 Å². The van der Waals surface area contributed by atoms with Gasteiger partial charge in [0.05, 0.1) is 5.60 Å². The zero-order valence-corrected chi connectivity index (χ0v) is 29.9. The molecule has 2 aromatic rings. The molecular weight excluding hydrogens is 652 g/mol. The molecule has 0 bridgehead atoms. The topological polar surface area (TPSA) is 135 Å². The lowest BCUT2D eigenvalue weighted by molar-refractivity contribution is -0.216. The Kier molecular flexibility index (Phi) is 11.2. The largest absolute Gasteiger partial charge is 0.508 e. The van der Waals surface area contributed by atoms with E-state index in [0.717, 1.165) is 29.7 Å². The molecule has 6 rings (SSSR count). The van der Waals surface area contributed by atoms with Crippen molar-refractivity contribution in [1.82, 2.24) is 24.7 Å². The van der Waals surface area contributed by atoms with Crippen LogP contribution in [-0.2, 0) is 32.0 Å². The Morgan fingerprint density at radius 2 is 1.59 bits per heavy atom. The standard InChI is InChI=1S/C38H50N6O7/c1-38(2,3)51-44-19-15-30(25-31(44)26-45)40-20-22-41(23-21-40)35(47)34(24-27-8-10-32(46)11-9-27)50-37(49)42-16-13-29(14-17-42)43-18-12-28-6-4-5-7-33(28)39-36(43)48/h4-11,29-30,34,46H,12-25H2,1-3H3,(H,39,48)/t30?,34-/m1/s1. The molecule has 2 atom stereocenters. The second-order valence-corrected chi connectivity index (χ2v) is 14.9. The van der Waals surface area contributed by atoms with E-state index in [2.05, 4.69) is 16.2 Å². The van der Waals surface area contributed by atoms with Gasteiger partial charge < -0.3 is 29.9 Å². The summed E-state index contributed by atoms with van der Waals surface area (Å²) in [5.74, 6) is 1.93. The fourth-order valence-corrected chi connectivity index (χ4v) is 7.49. The molecule has 0 spiro atoms. The summed E-state index contributed by atoms with van der Waals surface area (Å²) in [7, 11) is 0. The first kappa shape index (κ1) is 36.2. The number of anilines is 1. The molecule has 4 amide bonds. The van der Waals surface area contributed by atoms with Crippen molar-refractivity contribution < 1.29 is 33.9 Å². The van der Waals surface area contributed by atoms with Crippen LogP contribution < -0.4 is 5.32 Å². The Morgan fingerprint density at radius 3 is 2.27 bits per heavy atom. The number of benzene rings is 2. The van der Waals surface area contributed by atoms with Gasteiger partial charge in [0.2, 0.25) is 0 Å². The van der Waals surface area contributed by atoms with Gasteiger partial charge in [0.1, 0.15) is 17.4 Å². The number of hydrogen-bond acceptors (Lipinski definition) is 9. The number of nitrogens with one attached hydrogen (secondary N) is 1. The first-order valence-corrected chi connectivity index (χ1v) is 18.1. The summed E-state index contributed by atoms with van der Waals surface area (Å²) in [5, 5.41) is 14.5. The van der Waals surface area contributed by atoms with E-state index in [1.165, 1.54) is 0 Å². The van der Waals surface area contributed by atoms with Crippen molar-refractivity contribution in [2.75, 3.05) is 57.7 Å². The molecule has 4 heterocycles. The maximum Gasteiger partial charge on any atom is 0.410 e. The molecule has 0 radical (unpaired) electrons. The molecule has 3 fully saturated rings. The average molecular weight is 703 g/mol. The number of urea groups is 1. The van der Waals surface area contributed by atoms with Crippen molar-refractivity contribution >= 4 is 29.7 Å². The van der Waals surface area contributed by atoms with Gasteiger partial charge in [-0.1, -0.05) is 30.3 Å². The summed E-state index contributed by atoms with van der Waals surface area (Å²) in [6.45, 7) is 10.1. The normalized spacial score (nSPS) is 21.4. The molecule has 274 valence electrons. The Morgan fingerprint density at radius 1 is 0.902 bits per heavy atom. The lowest BCUT2D eigenvalue weighted by Gasteiger charge is -2.44. The highest BCUT2D eigenvalue weighted by Crippen LogP contribution is 2.28. The van der Waals surface area contributed by atoms with Crippen LogP contribution >= 0.6 is 0 Å². The third-order valence-corrected chi connectivity index (χ3v) is 10.2. The summed E-state index contributed by atoms with van der Waals surface area (Å²) in [4.78, 5) is 66.0. The monoisotopic (exact) mass is 702 g/mol. The van der Waals surface area contributed by atoms with E-state index in [9.17, 15) is 24.3 Å². The first-order valence-electron chi connectivity index (χ1n) is 18.1. The number of aromatic hydroxyl groups is 1. The van der Waals surface area contributed by atoms with Gasteiger partial charge >= 0.3 is 12.1 Å². The highest BCUT2D eigenvalue weighted by Gasteiger charge is 2.37. The highest BCUT2D eigenvalue weighted by atomic mass is 16.7. The lowest BCUT2D eigenvalue weighted by Crippen LogP contribution is -2.56. The number of hydroxylamine groups is 2. The van der Waals surface area contributed by atoms with Crippen LogP contribution in [-0.4, -0.2) is 130 Å². The molecule has 2 N–H and O–H groups in total. The Labute approximate surface area is 299 Å². The van der Waals surface area contributed by atoms with Crippen molar-refractivity contribution in [3.05, 3.63) is 65.4 Å². The number of phenols is 1. The zero-order valence-electron chi connectivity index (χ0n) is 29.9. The minimum atomic E-state index is -1.04. The number of fused-ring (bicyclic) bond motifs is 1. The van der Waals surface area contributed by atoms with Gasteiger partial charge in [-0.15, -0.1) is 0 Å². The number of likely N-dealkylation sites (tertiary alicyclic amines) is 1. The van der Waals surface area contributed by atoms with Gasteiger partial charge in [-0.3, -0.25) is 14.5 Å². The Hall–Kier alpha value is -4.58. The zero-order chi connectivity index (χ0) is 36.1. The van der Waals surface area contributed by atoms with E-state index >= 15 is 0 Å². The van der Waals surface area contributed by atoms with Crippen LogP contribution in [0.4, 0.5) is 15.3 Å². The molecule has 0 saturated carbocycles. The number of ether oxygens (including phenoxy) is 1. The minimum Gasteiger partial charge on any atom is -0.508 e. The van der Waals surface area contributed by atoms with Gasteiger partial charge in [0.25, 0.3) is 5.91 Å². The molecular formula is C38H50N6O7. The number of para-hydroxylation sites is 1. The third-order valence-electron chi connectivity index (χ3n) is 10.2. The number of hydrogen-bond donors (Lipinski definition) is 2. The fraction of sp³-hybridized carbons (Fsp3) is 0.553. The summed E-state index contributed by atoms with van der Waals surface area (Å²) in [5.41, 5.74) is 2.80. The quantitative estimate of drug-likeness (QED) is 0.410. The number of amides is 4. The van der Waals surface area contributed by atoms with E-state index in [1.54, 1.807) is 39.1 Å². The van der Waals surface area contributed by atoms with E-state index in [4.69, 9.17) is 9.57 Å². The van der Waals surface area contributed by atoms with E-state index in [1.807, 2.05) is 49.9 Å². The maximum atomic E-state index is 14.0. The van der Waals surface area contributed by atoms with Crippen molar-refractivity contribution in [2.45, 2.75) is 83.1 Å². The number of phenolic OH excluding ortho intramolecular Hbond substituents is 1. The number of nitrogens with zero attached hydrogens (tertiary/aromatic N) is 5. The van der Waals surface area contributed by atoms with Crippen molar-refractivity contribution in [3.63, 3.8) is 0 Å². The van der Waals surface area contributed by atoms with Crippen molar-refractivity contribution in [2.24, 2.45) is 0 Å². The van der Waals surface area contributed by atoms with Crippen LogP contribution in [0, 0.1) is 0 Å². The van der Waals surface area contributed by atoms with Crippen LogP contribution in [0.5, 0.6) is 5.75 Å². The number of carbonyl (C=O) groups is 3. The SMILES string of the molecule is CC(C)(C)ON1CCC(N2CCN(C(=O)[C@@H](Cc3ccc(O)cc3)OC(=O)N3CCC(N4CCc5ccccc5NC4=O)CC3)CC2)CC1=C=O. The predicted molar refractivity (Wildman–Crippen MR) is 190 cm³/mol. The smallest absolute Gasteiger partial charge is 0.410 e. The molecule has 0 aliphatic carbocycles. The summed E-state index contributed by atoms with van der Waals surface area (Å²) < 4.78 is 5.99. The van der Waals surface area contributed by atoms with Crippen molar-refractivity contribution in [1.29, 1.82) is 0 Å². The molecule has 0 aromatic heterocycles. The number of piperazine rings is 1. The average Bonchev–Trinajstić information content (AvgIpc) is 3.29. The Bertz CT molecular complexity index is 1610. The first-order chi connectivity index (χ1) is 24.5. The molecule has 13 heteroatoms. The number of rotatable bonds is 7. The number of piperidine rings is 2. The third kappa shape index (κ3) is 9.02. The predicted octanol–water partition coefficient (Wildman–Crippen LogP) is 4.05. The summed E-state index contributed by atoms with van der Waals surface area (Å²) >= 11 is 0. The maximum absolute atomic E-state index is 14.0. The molecule has 1 unspecified atom stereocenters.